The Morgan fingerprint density at radius 2 is 2.21 bits per heavy atom. The van der Waals surface area contributed by atoms with Gasteiger partial charge >= 0.3 is 5.97 Å². The summed E-state index contributed by atoms with van der Waals surface area (Å²) in [6.45, 7) is 3.94. The summed E-state index contributed by atoms with van der Waals surface area (Å²) in [6.07, 6.45) is 0.136. The monoisotopic (exact) mass is 196 g/mol. The highest BCUT2D eigenvalue weighted by molar-refractivity contribution is 5.73. The maximum absolute atomic E-state index is 12.8. The Morgan fingerprint density at radius 3 is 2.86 bits per heavy atom. The molecule has 2 nitrogen and oxygen atoms in total. The Balaban J connectivity index is 2.75. The molecule has 3 heteroatoms. The van der Waals surface area contributed by atoms with Crippen molar-refractivity contribution >= 4 is 5.97 Å². The Morgan fingerprint density at radius 1 is 1.50 bits per heavy atom. The van der Waals surface area contributed by atoms with E-state index in [1.807, 2.05) is 6.92 Å². The van der Waals surface area contributed by atoms with Crippen molar-refractivity contribution in [3.05, 3.63) is 35.1 Å². The molecule has 0 fully saturated rings. The van der Waals surface area contributed by atoms with Crippen LogP contribution in [0.1, 0.15) is 18.1 Å². The number of esters is 1. The molecule has 0 atom stereocenters. The van der Waals surface area contributed by atoms with Gasteiger partial charge in [-0.15, -0.1) is 0 Å². The molecule has 0 saturated carbocycles. The van der Waals surface area contributed by atoms with E-state index in [9.17, 15) is 9.18 Å². The van der Waals surface area contributed by atoms with Crippen LogP contribution in [0.25, 0.3) is 0 Å². The van der Waals surface area contributed by atoms with E-state index >= 15 is 0 Å². The van der Waals surface area contributed by atoms with Crippen LogP contribution in [0.15, 0.2) is 18.2 Å². The average molecular weight is 196 g/mol. The standard InChI is InChI=1S/C11H13FO2/c1-3-14-11(13)7-9-6-10(12)5-4-8(9)2/h4-6H,3,7H2,1-2H3. The van der Waals surface area contributed by atoms with Crippen molar-refractivity contribution in [2.24, 2.45) is 0 Å². The first kappa shape index (κ1) is 10.7. The molecular weight excluding hydrogens is 183 g/mol. The van der Waals surface area contributed by atoms with Crippen LogP contribution in [-0.4, -0.2) is 12.6 Å². The van der Waals surface area contributed by atoms with Crippen LogP contribution in [-0.2, 0) is 16.0 Å². The highest BCUT2D eigenvalue weighted by Crippen LogP contribution is 2.11. The summed E-state index contributed by atoms with van der Waals surface area (Å²) in [5.74, 6) is -0.643. The van der Waals surface area contributed by atoms with Crippen LogP contribution in [0, 0.1) is 12.7 Å². The number of ether oxygens (including phenoxy) is 1. The summed E-state index contributed by atoms with van der Waals surface area (Å²) < 4.78 is 17.6. The summed E-state index contributed by atoms with van der Waals surface area (Å²) in [5, 5.41) is 0. The zero-order valence-corrected chi connectivity index (χ0v) is 8.34. The SMILES string of the molecule is CCOC(=O)Cc1cc(F)ccc1C. The third kappa shape index (κ3) is 2.83. The molecule has 0 unspecified atom stereocenters. The van der Waals surface area contributed by atoms with Crippen molar-refractivity contribution in [2.75, 3.05) is 6.61 Å². The molecule has 0 amide bonds. The lowest BCUT2D eigenvalue weighted by Gasteiger charge is -2.05. The fourth-order valence-corrected chi connectivity index (χ4v) is 1.20. The van der Waals surface area contributed by atoms with E-state index < -0.39 is 0 Å². The van der Waals surface area contributed by atoms with Crippen LogP contribution in [0.3, 0.4) is 0 Å². The lowest BCUT2D eigenvalue weighted by molar-refractivity contribution is -0.142. The van der Waals surface area contributed by atoms with Gasteiger partial charge in [-0.05, 0) is 37.1 Å². The number of hydrogen-bond acceptors (Lipinski definition) is 2. The molecule has 0 aromatic heterocycles. The molecule has 0 N–H and O–H groups in total. The normalized spacial score (nSPS) is 9.93. The van der Waals surface area contributed by atoms with E-state index in [0.29, 0.717) is 12.2 Å². The molecule has 0 spiro atoms. The number of halogens is 1. The lowest BCUT2D eigenvalue weighted by atomic mass is 10.1. The maximum Gasteiger partial charge on any atom is 0.310 e. The highest BCUT2D eigenvalue weighted by atomic mass is 19.1. The van der Waals surface area contributed by atoms with Gasteiger partial charge in [-0.3, -0.25) is 4.79 Å². The van der Waals surface area contributed by atoms with E-state index in [-0.39, 0.29) is 18.2 Å². The topological polar surface area (TPSA) is 26.3 Å². The van der Waals surface area contributed by atoms with Crippen molar-refractivity contribution in [1.29, 1.82) is 0 Å². The van der Waals surface area contributed by atoms with Gasteiger partial charge in [0, 0.05) is 0 Å². The Hall–Kier alpha value is -1.38. The third-order valence-electron chi connectivity index (χ3n) is 1.95. The third-order valence-corrected chi connectivity index (χ3v) is 1.95. The Labute approximate surface area is 82.7 Å². The number of benzene rings is 1. The molecular formula is C11H13FO2. The second kappa shape index (κ2) is 4.74. The molecule has 0 aliphatic rings. The Kier molecular flexibility index (Phi) is 3.63. The number of aryl methyl sites for hydroxylation is 1. The summed E-state index contributed by atoms with van der Waals surface area (Å²) in [6, 6.07) is 4.40. The first-order chi connectivity index (χ1) is 6.63. The molecule has 14 heavy (non-hydrogen) atoms. The van der Waals surface area contributed by atoms with Crippen LogP contribution in [0.2, 0.25) is 0 Å². The van der Waals surface area contributed by atoms with Crippen molar-refractivity contribution < 1.29 is 13.9 Å². The van der Waals surface area contributed by atoms with Gasteiger partial charge in [-0.25, -0.2) is 4.39 Å². The number of hydrogen-bond donors (Lipinski definition) is 0. The van der Waals surface area contributed by atoms with Gasteiger partial charge in [-0.1, -0.05) is 6.07 Å². The van der Waals surface area contributed by atoms with Gasteiger partial charge in [0.25, 0.3) is 0 Å². The van der Waals surface area contributed by atoms with Crippen LogP contribution >= 0.6 is 0 Å². The second-order valence-corrected chi connectivity index (χ2v) is 3.05. The first-order valence-corrected chi connectivity index (χ1v) is 4.54. The summed E-state index contributed by atoms with van der Waals surface area (Å²) in [4.78, 5) is 11.1. The fraction of sp³-hybridized carbons (Fsp3) is 0.364. The minimum atomic E-state index is -0.324. The van der Waals surface area contributed by atoms with E-state index in [4.69, 9.17) is 4.74 Å². The van der Waals surface area contributed by atoms with Crippen molar-refractivity contribution in [3.8, 4) is 0 Å². The van der Waals surface area contributed by atoms with Gasteiger partial charge in [-0.2, -0.15) is 0 Å². The van der Waals surface area contributed by atoms with Crippen LogP contribution in [0.5, 0.6) is 0 Å². The molecule has 76 valence electrons. The van der Waals surface area contributed by atoms with Gasteiger partial charge in [0.1, 0.15) is 5.82 Å². The van der Waals surface area contributed by atoms with Gasteiger partial charge < -0.3 is 4.74 Å². The minimum absolute atomic E-state index is 0.136. The molecule has 1 aromatic rings. The zero-order valence-electron chi connectivity index (χ0n) is 8.34. The smallest absolute Gasteiger partial charge is 0.310 e. The molecule has 1 rings (SSSR count). The summed E-state index contributed by atoms with van der Waals surface area (Å²) in [7, 11) is 0. The van der Waals surface area contributed by atoms with E-state index in [0.717, 1.165) is 5.56 Å². The first-order valence-electron chi connectivity index (χ1n) is 4.54. The molecule has 0 heterocycles. The predicted molar refractivity (Wildman–Crippen MR) is 51.5 cm³/mol. The van der Waals surface area contributed by atoms with Crippen LogP contribution < -0.4 is 0 Å². The minimum Gasteiger partial charge on any atom is -0.466 e. The molecule has 0 saturated heterocycles. The van der Waals surface area contributed by atoms with Crippen molar-refractivity contribution in [3.63, 3.8) is 0 Å². The van der Waals surface area contributed by atoms with Crippen molar-refractivity contribution in [2.45, 2.75) is 20.3 Å². The quantitative estimate of drug-likeness (QED) is 0.693. The summed E-state index contributed by atoms with van der Waals surface area (Å²) in [5.41, 5.74) is 1.59. The van der Waals surface area contributed by atoms with Gasteiger partial charge in [0.15, 0.2) is 0 Å². The largest absolute Gasteiger partial charge is 0.466 e. The lowest BCUT2D eigenvalue weighted by Crippen LogP contribution is -2.08. The van der Waals surface area contributed by atoms with Gasteiger partial charge in [0.05, 0.1) is 13.0 Å². The molecule has 0 aliphatic carbocycles. The molecule has 0 radical (unpaired) electrons. The maximum atomic E-state index is 12.8. The fourth-order valence-electron chi connectivity index (χ4n) is 1.20. The van der Waals surface area contributed by atoms with Crippen LogP contribution in [0.4, 0.5) is 4.39 Å². The van der Waals surface area contributed by atoms with E-state index in [1.165, 1.54) is 12.1 Å². The molecule has 1 aromatic carbocycles. The highest BCUT2D eigenvalue weighted by Gasteiger charge is 2.07. The summed E-state index contributed by atoms with van der Waals surface area (Å²) >= 11 is 0. The number of carbonyl (C=O) groups is 1. The zero-order chi connectivity index (χ0) is 10.6. The molecule has 0 aliphatic heterocycles. The van der Waals surface area contributed by atoms with E-state index in [1.54, 1.807) is 13.0 Å². The average Bonchev–Trinajstić information content (AvgIpc) is 2.12. The predicted octanol–water partition coefficient (Wildman–Crippen LogP) is 2.24. The van der Waals surface area contributed by atoms with Gasteiger partial charge in [0.2, 0.25) is 0 Å². The molecule has 0 bridgehead atoms. The number of carbonyl (C=O) groups excluding carboxylic acids is 1. The second-order valence-electron chi connectivity index (χ2n) is 3.05. The number of rotatable bonds is 3. The van der Waals surface area contributed by atoms with E-state index in [2.05, 4.69) is 0 Å². The Bertz CT molecular complexity index is 334. The van der Waals surface area contributed by atoms with Crippen molar-refractivity contribution in [1.82, 2.24) is 0 Å².